The van der Waals surface area contributed by atoms with Crippen LogP contribution in [-0.2, 0) is 13.2 Å². The van der Waals surface area contributed by atoms with Gasteiger partial charge in [-0.25, -0.2) is 4.98 Å². The first kappa shape index (κ1) is 13.0. The summed E-state index contributed by atoms with van der Waals surface area (Å²) in [6.45, 7) is 0. The van der Waals surface area contributed by atoms with Crippen molar-refractivity contribution in [3.8, 4) is 0 Å². The number of benzene rings is 1. The number of halogens is 4. The van der Waals surface area contributed by atoms with Gasteiger partial charge in [0.05, 0.1) is 0 Å². The lowest BCUT2D eigenvalue weighted by atomic mass is 10.2. The molecule has 0 amide bonds. The zero-order valence-corrected chi connectivity index (χ0v) is 10.7. The van der Waals surface area contributed by atoms with E-state index in [0.29, 0.717) is 9.59 Å². The third kappa shape index (κ3) is 1.77. The first-order valence-corrected chi connectivity index (χ1v) is 5.83. The predicted molar refractivity (Wildman–Crippen MR) is 66.8 cm³/mol. The average Bonchev–Trinajstić information content (AvgIpc) is 2.70. The topological polar surface area (TPSA) is 48.0 Å². The van der Waals surface area contributed by atoms with Gasteiger partial charge in [-0.15, -0.1) is 0 Å². The first-order chi connectivity index (χ1) is 9.29. The molecule has 0 saturated carbocycles. The Morgan fingerprint density at radius 3 is 2.70 bits per heavy atom. The highest BCUT2D eigenvalue weighted by atomic mass is 35.5. The molecule has 8 heteroatoms. The molecule has 4 nitrogen and oxygen atoms in total. The normalized spacial score (nSPS) is 12.4. The highest BCUT2D eigenvalue weighted by Gasteiger charge is 2.37. The highest BCUT2D eigenvalue weighted by molar-refractivity contribution is 6.31. The van der Waals surface area contributed by atoms with E-state index in [-0.39, 0.29) is 22.1 Å². The zero-order chi connectivity index (χ0) is 14.7. The van der Waals surface area contributed by atoms with Crippen molar-refractivity contribution >= 4 is 33.7 Å². The molecule has 1 aromatic carbocycles. The minimum atomic E-state index is -4.73. The van der Waals surface area contributed by atoms with Gasteiger partial charge in [-0.1, -0.05) is 11.6 Å². The number of aromatic nitrogens is 2. The molecule has 0 saturated heterocycles. The third-order valence-corrected chi connectivity index (χ3v) is 3.15. The van der Waals surface area contributed by atoms with Crippen molar-refractivity contribution in [3.05, 3.63) is 39.4 Å². The van der Waals surface area contributed by atoms with Crippen molar-refractivity contribution in [1.82, 2.24) is 9.55 Å². The van der Waals surface area contributed by atoms with Gasteiger partial charge in [-0.2, -0.15) is 13.2 Å². The lowest BCUT2D eigenvalue weighted by Gasteiger charge is -2.09. The van der Waals surface area contributed by atoms with Gasteiger partial charge >= 0.3 is 6.18 Å². The molecule has 0 spiro atoms. The fraction of sp³-hybridized carbons (Fsp3) is 0.167. The standard InChI is InChI=1S/C12H6ClF3N2O2/c1-18-10(19)9-8(17-11(18)12(14,15)16)6-4-5(13)2-3-7(6)20-9/h2-4H,1H3. The van der Waals surface area contributed by atoms with Gasteiger partial charge in [0.1, 0.15) is 11.1 Å². The Hall–Kier alpha value is -2.02. The Morgan fingerprint density at radius 1 is 1.35 bits per heavy atom. The molecule has 3 aromatic rings. The molecular formula is C12H6ClF3N2O2. The van der Waals surface area contributed by atoms with Crippen molar-refractivity contribution in [1.29, 1.82) is 0 Å². The van der Waals surface area contributed by atoms with Gasteiger partial charge in [0.25, 0.3) is 5.56 Å². The van der Waals surface area contributed by atoms with Gasteiger partial charge in [0.2, 0.25) is 11.4 Å². The van der Waals surface area contributed by atoms with Gasteiger partial charge < -0.3 is 4.42 Å². The summed E-state index contributed by atoms with van der Waals surface area (Å²) in [6, 6.07) is 4.41. The number of fused-ring (bicyclic) bond motifs is 3. The van der Waals surface area contributed by atoms with Crippen LogP contribution in [0.15, 0.2) is 27.4 Å². The molecule has 20 heavy (non-hydrogen) atoms. The molecule has 0 aliphatic rings. The second kappa shape index (κ2) is 3.99. The summed E-state index contributed by atoms with van der Waals surface area (Å²) in [5, 5.41) is 0.590. The zero-order valence-electron chi connectivity index (χ0n) is 9.95. The van der Waals surface area contributed by atoms with E-state index in [1.54, 1.807) is 0 Å². The van der Waals surface area contributed by atoms with Crippen molar-refractivity contribution in [2.45, 2.75) is 6.18 Å². The Kier molecular flexibility index (Phi) is 2.59. The number of alkyl halides is 3. The van der Waals surface area contributed by atoms with Crippen LogP contribution in [0.1, 0.15) is 5.82 Å². The lowest BCUT2D eigenvalue weighted by molar-refractivity contribution is -0.147. The fourth-order valence-electron chi connectivity index (χ4n) is 2.00. The molecule has 0 bridgehead atoms. The summed E-state index contributed by atoms with van der Waals surface area (Å²) < 4.78 is 44.3. The van der Waals surface area contributed by atoms with E-state index in [2.05, 4.69) is 4.98 Å². The van der Waals surface area contributed by atoms with Crippen molar-refractivity contribution in [2.24, 2.45) is 7.05 Å². The van der Waals surface area contributed by atoms with Crippen molar-refractivity contribution in [3.63, 3.8) is 0 Å². The molecule has 0 fully saturated rings. The molecule has 0 unspecified atom stereocenters. The fourth-order valence-corrected chi connectivity index (χ4v) is 2.17. The average molecular weight is 303 g/mol. The minimum absolute atomic E-state index is 0.141. The van der Waals surface area contributed by atoms with Crippen LogP contribution in [0.5, 0.6) is 0 Å². The van der Waals surface area contributed by atoms with E-state index in [9.17, 15) is 18.0 Å². The Morgan fingerprint density at radius 2 is 2.05 bits per heavy atom. The van der Waals surface area contributed by atoms with E-state index in [1.165, 1.54) is 18.2 Å². The largest absolute Gasteiger partial charge is 0.449 e. The Bertz CT molecular complexity index is 895. The molecule has 0 atom stereocenters. The van der Waals surface area contributed by atoms with E-state index < -0.39 is 17.6 Å². The summed E-state index contributed by atoms with van der Waals surface area (Å²) in [7, 11) is 0.998. The van der Waals surface area contributed by atoms with Crippen LogP contribution in [0.25, 0.3) is 22.1 Å². The van der Waals surface area contributed by atoms with Crippen molar-refractivity contribution < 1.29 is 17.6 Å². The number of rotatable bonds is 0. The van der Waals surface area contributed by atoms with Crippen LogP contribution in [0.4, 0.5) is 13.2 Å². The molecule has 2 heterocycles. The van der Waals surface area contributed by atoms with Crippen LogP contribution in [0, 0.1) is 0 Å². The van der Waals surface area contributed by atoms with Crippen LogP contribution >= 0.6 is 11.6 Å². The number of furan rings is 1. The minimum Gasteiger partial charge on any atom is -0.448 e. The molecule has 0 aliphatic carbocycles. The van der Waals surface area contributed by atoms with E-state index in [0.717, 1.165) is 7.05 Å². The lowest BCUT2D eigenvalue weighted by Crippen LogP contribution is -2.27. The van der Waals surface area contributed by atoms with Crippen LogP contribution < -0.4 is 5.56 Å². The maximum atomic E-state index is 12.9. The monoisotopic (exact) mass is 302 g/mol. The molecule has 104 valence electrons. The molecule has 0 N–H and O–H groups in total. The van der Waals surface area contributed by atoms with Crippen LogP contribution in [-0.4, -0.2) is 9.55 Å². The van der Waals surface area contributed by atoms with E-state index in [4.69, 9.17) is 16.0 Å². The quantitative estimate of drug-likeness (QED) is 0.640. The molecular weight excluding hydrogens is 297 g/mol. The summed E-state index contributed by atoms with van der Waals surface area (Å²) in [5.41, 5.74) is -1.00. The summed E-state index contributed by atoms with van der Waals surface area (Å²) in [4.78, 5) is 15.5. The molecule has 3 rings (SSSR count). The molecule has 2 aromatic heterocycles. The van der Waals surface area contributed by atoms with Gasteiger partial charge in [-0.05, 0) is 18.2 Å². The van der Waals surface area contributed by atoms with Crippen LogP contribution in [0.3, 0.4) is 0 Å². The summed E-state index contributed by atoms with van der Waals surface area (Å²) in [6.07, 6.45) is -4.73. The SMILES string of the molecule is Cn1c(C(F)(F)F)nc2c(oc3ccc(Cl)cc32)c1=O. The second-order valence-corrected chi connectivity index (χ2v) is 4.65. The smallest absolute Gasteiger partial charge is 0.448 e. The van der Waals surface area contributed by atoms with Gasteiger partial charge in [-0.3, -0.25) is 9.36 Å². The Labute approximate surface area is 114 Å². The highest BCUT2D eigenvalue weighted by Crippen LogP contribution is 2.31. The maximum Gasteiger partial charge on any atom is 0.449 e. The summed E-state index contributed by atoms with van der Waals surface area (Å²) >= 11 is 5.80. The maximum absolute atomic E-state index is 12.9. The predicted octanol–water partition coefficient (Wildman–Crippen LogP) is 3.35. The second-order valence-electron chi connectivity index (χ2n) is 4.22. The van der Waals surface area contributed by atoms with Gasteiger partial charge in [0, 0.05) is 17.5 Å². The molecule has 0 aliphatic heterocycles. The number of hydrogen-bond acceptors (Lipinski definition) is 3. The van der Waals surface area contributed by atoms with Crippen LogP contribution in [0.2, 0.25) is 5.02 Å². The Balaban J connectivity index is 2.54. The summed E-state index contributed by atoms with van der Waals surface area (Å²) in [5.74, 6) is -1.28. The number of nitrogens with zero attached hydrogens (tertiary/aromatic N) is 2. The van der Waals surface area contributed by atoms with E-state index in [1.807, 2.05) is 0 Å². The van der Waals surface area contributed by atoms with Gasteiger partial charge in [0.15, 0.2) is 0 Å². The third-order valence-electron chi connectivity index (χ3n) is 2.91. The first-order valence-electron chi connectivity index (χ1n) is 5.45. The number of hydrogen-bond donors (Lipinski definition) is 0. The molecule has 0 radical (unpaired) electrons. The van der Waals surface area contributed by atoms with E-state index >= 15 is 0 Å². The van der Waals surface area contributed by atoms with Crippen molar-refractivity contribution in [2.75, 3.05) is 0 Å².